The Kier molecular flexibility index (Phi) is 31.8. The molecule has 0 aromatic rings. The van der Waals surface area contributed by atoms with E-state index in [1.54, 1.807) is 6.08 Å². The van der Waals surface area contributed by atoms with Gasteiger partial charge in [0.05, 0.1) is 25.4 Å². The summed E-state index contributed by atoms with van der Waals surface area (Å²) in [6.07, 6.45) is 27.0. The van der Waals surface area contributed by atoms with Gasteiger partial charge in [-0.1, -0.05) is 180 Å². The topological polar surface area (TPSA) is 192 Å². The van der Waals surface area contributed by atoms with Gasteiger partial charge in [0.15, 0.2) is 6.29 Å². The molecule has 0 aromatic heterocycles. The van der Waals surface area contributed by atoms with Gasteiger partial charge < -0.3 is 35.2 Å². The Hall–Kier alpha value is -1.16. The summed E-state index contributed by atoms with van der Waals surface area (Å²) in [5.74, 6) is -0.263. The number of unbranched alkanes of at least 4 members (excludes halogenated alkanes) is 25. The number of rotatable bonds is 37. The van der Waals surface area contributed by atoms with Crippen molar-refractivity contribution >= 4 is 16.3 Å². The summed E-state index contributed by atoms with van der Waals surface area (Å²) in [5.41, 5.74) is 0. The molecule has 0 spiro atoms. The van der Waals surface area contributed by atoms with Crippen LogP contribution in [-0.4, -0.2) is 95.4 Å². The van der Waals surface area contributed by atoms with E-state index in [-0.39, 0.29) is 18.9 Å². The molecule has 1 amide bonds. The minimum Gasteiger partial charge on any atom is -0.394 e. The van der Waals surface area contributed by atoms with Crippen LogP contribution in [0.2, 0.25) is 0 Å². The molecule has 6 N–H and O–H groups in total. The Morgan fingerprint density at radius 1 is 0.709 bits per heavy atom. The van der Waals surface area contributed by atoms with Crippen LogP contribution in [0, 0.1) is 0 Å². The lowest BCUT2D eigenvalue weighted by molar-refractivity contribution is -0.298. The third kappa shape index (κ3) is 27.2. The predicted molar refractivity (Wildman–Crippen MR) is 218 cm³/mol. The Morgan fingerprint density at radius 2 is 1.15 bits per heavy atom. The highest BCUT2D eigenvalue weighted by Crippen LogP contribution is 2.26. The molecule has 0 bridgehead atoms. The first kappa shape index (κ1) is 51.9. The van der Waals surface area contributed by atoms with E-state index in [4.69, 9.17) is 14.0 Å². The van der Waals surface area contributed by atoms with Crippen LogP contribution in [0.15, 0.2) is 12.2 Å². The third-order valence-electron chi connectivity index (χ3n) is 10.6. The predicted octanol–water partition coefficient (Wildman–Crippen LogP) is 7.99. The molecule has 326 valence electrons. The maximum absolute atomic E-state index is 13.0. The minimum atomic E-state index is -5.08. The number of carbonyl (C=O) groups is 1. The maximum atomic E-state index is 13.0. The van der Waals surface area contributed by atoms with Crippen LogP contribution in [0.3, 0.4) is 0 Å². The molecule has 1 aliphatic rings. The van der Waals surface area contributed by atoms with Crippen molar-refractivity contribution in [2.24, 2.45) is 0 Å². The Morgan fingerprint density at radius 3 is 1.58 bits per heavy atom. The number of amides is 1. The number of nitrogens with one attached hydrogen (secondary N) is 1. The van der Waals surface area contributed by atoms with Crippen molar-refractivity contribution in [1.29, 1.82) is 0 Å². The molecule has 0 saturated carbocycles. The van der Waals surface area contributed by atoms with Crippen molar-refractivity contribution < 1.29 is 51.8 Å². The van der Waals surface area contributed by atoms with Crippen LogP contribution in [0.4, 0.5) is 0 Å². The average Bonchev–Trinajstić information content (AvgIpc) is 3.15. The third-order valence-corrected chi connectivity index (χ3v) is 11.0. The van der Waals surface area contributed by atoms with Crippen LogP contribution in [-0.2, 0) is 28.9 Å². The van der Waals surface area contributed by atoms with Gasteiger partial charge in [0.2, 0.25) is 5.91 Å². The van der Waals surface area contributed by atoms with E-state index in [0.717, 1.165) is 44.9 Å². The SMILES string of the molecule is CCCCCCCCC/C=C/C(O)C(COC1OC(CO)C(O)C(OS(=O)(=O)O)C1O)NC(=O)CCCCCCCCCCCCCCCCCCCCC. The smallest absolute Gasteiger partial charge is 0.394 e. The van der Waals surface area contributed by atoms with Gasteiger partial charge in [-0.2, -0.15) is 8.42 Å². The molecule has 1 aliphatic heterocycles. The summed E-state index contributed by atoms with van der Waals surface area (Å²) in [6, 6.07) is -0.936. The lowest BCUT2D eigenvalue weighted by Crippen LogP contribution is -2.61. The van der Waals surface area contributed by atoms with Gasteiger partial charge in [0, 0.05) is 6.42 Å². The highest BCUT2D eigenvalue weighted by Gasteiger charge is 2.48. The zero-order chi connectivity index (χ0) is 40.6. The minimum absolute atomic E-state index is 0.263. The number of ether oxygens (including phenoxy) is 2. The Bertz CT molecular complexity index is 1050. The highest BCUT2D eigenvalue weighted by atomic mass is 32.3. The molecule has 1 saturated heterocycles. The van der Waals surface area contributed by atoms with Crippen LogP contribution < -0.4 is 5.32 Å². The van der Waals surface area contributed by atoms with Crippen molar-refractivity contribution in [3.63, 3.8) is 0 Å². The van der Waals surface area contributed by atoms with Crippen molar-refractivity contribution in [1.82, 2.24) is 5.32 Å². The summed E-state index contributed by atoms with van der Waals surface area (Å²) in [6.45, 7) is 3.35. The summed E-state index contributed by atoms with van der Waals surface area (Å²) in [7, 11) is -5.08. The first-order chi connectivity index (χ1) is 26.5. The molecule has 0 aromatic carbocycles. The number of hydrogen-bond acceptors (Lipinski definition) is 10. The Balaban J connectivity index is 2.46. The van der Waals surface area contributed by atoms with E-state index in [1.807, 2.05) is 6.08 Å². The Labute approximate surface area is 334 Å². The van der Waals surface area contributed by atoms with Crippen LogP contribution >= 0.6 is 0 Å². The molecule has 1 fully saturated rings. The summed E-state index contributed by atoms with van der Waals surface area (Å²) >= 11 is 0. The fourth-order valence-corrected chi connectivity index (χ4v) is 7.61. The summed E-state index contributed by atoms with van der Waals surface area (Å²) in [5, 5.41) is 44.5. The number of aliphatic hydroxyl groups is 4. The standard InChI is InChI=1S/C42H81NO11S/c1-3-5-7-9-11-13-14-15-16-17-18-19-20-21-22-24-26-28-30-32-38(46)43-35(36(45)31-29-27-25-23-12-10-8-6-4-2)34-52-42-40(48)41(54-55(49,50)51)39(47)37(33-44)53-42/h29,31,35-37,39-42,44-45,47-48H,3-28,30,32-34H2,1-2H3,(H,43,46)(H,49,50,51)/b31-29+. The lowest BCUT2D eigenvalue weighted by Gasteiger charge is -2.41. The van der Waals surface area contributed by atoms with Gasteiger partial charge in [-0.25, -0.2) is 4.18 Å². The normalized spacial score (nSPS) is 21.6. The molecule has 1 heterocycles. The van der Waals surface area contributed by atoms with Crippen molar-refractivity contribution in [2.45, 2.75) is 236 Å². The zero-order valence-electron chi connectivity index (χ0n) is 34.5. The molecule has 12 nitrogen and oxygen atoms in total. The fraction of sp³-hybridized carbons (Fsp3) is 0.929. The lowest BCUT2D eigenvalue weighted by atomic mass is 9.99. The van der Waals surface area contributed by atoms with Crippen molar-refractivity contribution in [3.8, 4) is 0 Å². The van der Waals surface area contributed by atoms with Gasteiger partial charge in [-0.05, 0) is 19.3 Å². The van der Waals surface area contributed by atoms with E-state index >= 15 is 0 Å². The highest BCUT2D eigenvalue weighted by molar-refractivity contribution is 7.80. The van der Waals surface area contributed by atoms with E-state index in [2.05, 4.69) is 23.3 Å². The van der Waals surface area contributed by atoms with Crippen LogP contribution in [0.5, 0.6) is 0 Å². The molecule has 0 radical (unpaired) electrons. The summed E-state index contributed by atoms with van der Waals surface area (Å²) < 4.78 is 47.4. The number of hydrogen-bond donors (Lipinski definition) is 6. The van der Waals surface area contributed by atoms with E-state index in [0.29, 0.717) is 6.42 Å². The average molecular weight is 808 g/mol. The second kappa shape index (κ2) is 33.8. The second-order valence-electron chi connectivity index (χ2n) is 15.6. The van der Waals surface area contributed by atoms with Gasteiger partial charge in [0.1, 0.15) is 24.4 Å². The molecular formula is C42H81NO11S. The van der Waals surface area contributed by atoms with Gasteiger partial charge >= 0.3 is 10.4 Å². The van der Waals surface area contributed by atoms with Crippen molar-refractivity contribution in [2.75, 3.05) is 13.2 Å². The molecule has 7 atom stereocenters. The van der Waals surface area contributed by atoms with Crippen LogP contribution in [0.1, 0.15) is 194 Å². The molecule has 13 heteroatoms. The number of allylic oxidation sites excluding steroid dienone is 1. The van der Waals surface area contributed by atoms with Gasteiger partial charge in [0.25, 0.3) is 0 Å². The quantitative estimate of drug-likeness (QED) is 0.0203. The number of aliphatic hydroxyl groups excluding tert-OH is 4. The monoisotopic (exact) mass is 808 g/mol. The van der Waals surface area contributed by atoms with Gasteiger partial charge in [-0.3, -0.25) is 9.35 Å². The molecule has 1 rings (SSSR count). The first-order valence-electron chi connectivity index (χ1n) is 22.1. The zero-order valence-corrected chi connectivity index (χ0v) is 35.3. The largest absolute Gasteiger partial charge is 0.397 e. The number of carbonyl (C=O) groups excluding carboxylic acids is 1. The molecule has 0 aliphatic carbocycles. The van der Waals surface area contributed by atoms with E-state index in [9.17, 15) is 33.6 Å². The first-order valence-corrected chi connectivity index (χ1v) is 23.4. The molecule has 7 unspecified atom stereocenters. The summed E-state index contributed by atoms with van der Waals surface area (Å²) in [4.78, 5) is 13.0. The molecular weight excluding hydrogens is 727 g/mol. The second-order valence-corrected chi connectivity index (χ2v) is 16.7. The maximum Gasteiger partial charge on any atom is 0.397 e. The fourth-order valence-electron chi connectivity index (χ4n) is 7.10. The van der Waals surface area contributed by atoms with E-state index in [1.165, 1.54) is 122 Å². The molecule has 55 heavy (non-hydrogen) atoms. The van der Waals surface area contributed by atoms with E-state index < -0.39 is 59.9 Å². The van der Waals surface area contributed by atoms with Crippen molar-refractivity contribution in [3.05, 3.63) is 12.2 Å². The van der Waals surface area contributed by atoms with Gasteiger partial charge in [-0.15, -0.1) is 0 Å². The van der Waals surface area contributed by atoms with Crippen LogP contribution in [0.25, 0.3) is 0 Å².